The van der Waals surface area contributed by atoms with Gasteiger partial charge >= 0.3 is 0 Å². The Hall–Kier alpha value is -4.62. The fourth-order valence-corrected chi connectivity index (χ4v) is 6.83. The third kappa shape index (κ3) is 3.62. The molecule has 6 aromatic rings. The summed E-state index contributed by atoms with van der Waals surface area (Å²) in [6.45, 7) is 9.02. The van der Waals surface area contributed by atoms with Gasteiger partial charge in [-0.15, -0.1) is 6.58 Å². The van der Waals surface area contributed by atoms with E-state index >= 15 is 0 Å². The average molecular weight is 516 g/mol. The van der Waals surface area contributed by atoms with Gasteiger partial charge in [0.15, 0.2) is 0 Å². The average Bonchev–Trinajstić information content (AvgIpc) is 3.30. The summed E-state index contributed by atoms with van der Waals surface area (Å²) >= 11 is 0. The van der Waals surface area contributed by atoms with Crippen LogP contribution in [-0.2, 0) is 5.41 Å². The second kappa shape index (κ2) is 9.54. The molecule has 1 nitrogen and oxygen atoms in total. The molecule has 40 heavy (non-hydrogen) atoms. The number of fused-ring (bicyclic) bond motifs is 5. The molecule has 0 aliphatic heterocycles. The molecule has 0 heterocycles. The van der Waals surface area contributed by atoms with Gasteiger partial charge in [-0.2, -0.15) is 0 Å². The normalized spacial score (nSPS) is 16.4. The monoisotopic (exact) mass is 515 g/mol. The Kier molecular flexibility index (Phi) is 5.82. The van der Waals surface area contributed by atoms with E-state index < -0.39 is 0 Å². The van der Waals surface area contributed by atoms with Crippen molar-refractivity contribution in [2.75, 3.05) is 4.90 Å². The van der Waals surface area contributed by atoms with Crippen LogP contribution < -0.4 is 4.90 Å². The van der Waals surface area contributed by atoms with Crippen LogP contribution in [0, 0.1) is 5.92 Å². The van der Waals surface area contributed by atoms with Crippen LogP contribution in [0.1, 0.15) is 31.4 Å². The molecule has 0 N–H and O–H groups in total. The lowest BCUT2D eigenvalue weighted by Crippen LogP contribution is -2.30. The molecule has 0 spiro atoms. The second-order valence-corrected chi connectivity index (χ2v) is 11.1. The van der Waals surface area contributed by atoms with E-state index in [0.29, 0.717) is 5.92 Å². The van der Waals surface area contributed by atoms with E-state index in [1.165, 1.54) is 43.8 Å². The maximum Gasteiger partial charge on any atom is 0.0468 e. The van der Waals surface area contributed by atoms with Crippen molar-refractivity contribution in [3.8, 4) is 11.1 Å². The fourth-order valence-electron chi connectivity index (χ4n) is 6.83. The van der Waals surface area contributed by atoms with Gasteiger partial charge in [0, 0.05) is 22.5 Å². The van der Waals surface area contributed by atoms with Crippen molar-refractivity contribution in [1.82, 2.24) is 0 Å². The molecule has 6 aromatic carbocycles. The van der Waals surface area contributed by atoms with Gasteiger partial charge in [-0.25, -0.2) is 0 Å². The van der Waals surface area contributed by atoms with E-state index in [1.54, 1.807) is 0 Å². The van der Waals surface area contributed by atoms with Crippen LogP contribution in [0.25, 0.3) is 32.7 Å². The largest absolute Gasteiger partial charge is 0.310 e. The fraction of sp³-hybridized carbons (Fsp3) is 0.128. The number of hydrogen-bond donors (Lipinski definition) is 0. The zero-order valence-electron chi connectivity index (χ0n) is 23.1. The zero-order chi connectivity index (χ0) is 27.3. The molecule has 194 valence electrons. The van der Waals surface area contributed by atoms with E-state index in [1.807, 2.05) is 0 Å². The summed E-state index contributed by atoms with van der Waals surface area (Å²) in [5.74, 6) is 0.440. The lowest BCUT2D eigenvalue weighted by Gasteiger charge is -2.35. The molecule has 1 aliphatic rings. The molecule has 1 heteroatoms. The highest BCUT2D eigenvalue weighted by molar-refractivity contribution is 5.94. The Morgan fingerprint density at radius 2 is 1.10 bits per heavy atom. The van der Waals surface area contributed by atoms with Gasteiger partial charge in [-0.1, -0.05) is 117 Å². The van der Waals surface area contributed by atoms with Crippen LogP contribution in [0.5, 0.6) is 0 Å². The maximum atomic E-state index is 4.38. The van der Waals surface area contributed by atoms with Gasteiger partial charge in [0.1, 0.15) is 0 Å². The highest BCUT2D eigenvalue weighted by Crippen LogP contribution is 2.55. The third-order valence-electron chi connectivity index (χ3n) is 9.06. The lowest BCUT2D eigenvalue weighted by molar-refractivity contribution is 0.412. The maximum absolute atomic E-state index is 4.38. The first-order valence-electron chi connectivity index (χ1n) is 14.3. The van der Waals surface area contributed by atoms with Crippen LogP contribution in [0.4, 0.5) is 17.1 Å². The number of allylic oxidation sites excluding steroid dienone is 1. The second-order valence-electron chi connectivity index (χ2n) is 11.1. The smallest absolute Gasteiger partial charge is 0.0468 e. The van der Waals surface area contributed by atoms with Crippen LogP contribution in [0.2, 0.25) is 0 Å². The Morgan fingerprint density at radius 3 is 1.70 bits per heavy atom. The number of rotatable bonds is 6. The first kappa shape index (κ1) is 24.4. The Balaban J connectivity index is 1.47. The molecule has 0 bridgehead atoms. The van der Waals surface area contributed by atoms with Crippen molar-refractivity contribution < 1.29 is 0 Å². The van der Waals surface area contributed by atoms with E-state index in [4.69, 9.17) is 0 Å². The van der Waals surface area contributed by atoms with E-state index in [-0.39, 0.29) is 5.41 Å². The molecular formula is C39H33N. The van der Waals surface area contributed by atoms with Crippen molar-refractivity contribution >= 4 is 38.6 Å². The molecule has 1 aliphatic carbocycles. The van der Waals surface area contributed by atoms with E-state index in [9.17, 15) is 0 Å². The Morgan fingerprint density at radius 1 is 0.600 bits per heavy atom. The zero-order valence-corrected chi connectivity index (χ0v) is 23.1. The van der Waals surface area contributed by atoms with E-state index in [2.05, 4.69) is 159 Å². The Bertz CT molecular complexity index is 1820. The summed E-state index contributed by atoms with van der Waals surface area (Å²) < 4.78 is 0. The van der Waals surface area contributed by atoms with Crippen LogP contribution in [-0.4, -0.2) is 0 Å². The van der Waals surface area contributed by atoms with Gasteiger partial charge in [0.2, 0.25) is 0 Å². The van der Waals surface area contributed by atoms with Gasteiger partial charge in [0.05, 0.1) is 0 Å². The van der Waals surface area contributed by atoms with Crippen LogP contribution in [0.3, 0.4) is 0 Å². The van der Waals surface area contributed by atoms with Gasteiger partial charge in [0.25, 0.3) is 0 Å². The van der Waals surface area contributed by atoms with Crippen molar-refractivity contribution in [2.45, 2.75) is 25.7 Å². The predicted molar refractivity (Wildman–Crippen MR) is 172 cm³/mol. The molecule has 0 fully saturated rings. The standard InChI is InChI=1S/C39H33N/c1-4-27(3)39(5-2)37-17-11-10-16-35(37)36-26-34(22-23-38(36)39)40(32-20-18-28-12-6-8-14-30(28)24-32)33-21-19-29-13-7-9-15-31(29)25-33/h5-27H,2,4H2,1,3H3. The summed E-state index contributed by atoms with van der Waals surface area (Å²) in [5.41, 5.74) is 8.62. The molecule has 0 saturated heterocycles. The first-order chi connectivity index (χ1) is 19.6. The van der Waals surface area contributed by atoms with Crippen molar-refractivity contribution in [1.29, 1.82) is 0 Å². The van der Waals surface area contributed by atoms with Gasteiger partial charge in [-0.05, 0) is 86.1 Å². The topological polar surface area (TPSA) is 3.24 Å². The number of nitrogens with zero attached hydrogens (tertiary/aromatic N) is 1. The highest BCUT2D eigenvalue weighted by atomic mass is 15.1. The SMILES string of the molecule is C=CC1(C(C)CC)c2ccccc2-c2cc(N(c3ccc4ccccc4c3)c3ccc4ccccc4c3)ccc21. The molecule has 7 rings (SSSR count). The minimum atomic E-state index is -0.185. The molecule has 0 amide bonds. The van der Waals surface area contributed by atoms with E-state index in [0.717, 1.165) is 23.5 Å². The summed E-state index contributed by atoms with van der Waals surface area (Å²) in [6, 6.07) is 46.7. The Labute approximate surface area is 237 Å². The van der Waals surface area contributed by atoms with Crippen LogP contribution >= 0.6 is 0 Å². The highest BCUT2D eigenvalue weighted by Gasteiger charge is 2.44. The number of hydrogen-bond acceptors (Lipinski definition) is 1. The van der Waals surface area contributed by atoms with Crippen molar-refractivity contribution in [3.63, 3.8) is 0 Å². The van der Waals surface area contributed by atoms with Gasteiger partial charge < -0.3 is 4.90 Å². The summed E-state index contributed by atoms with van der Waals surface area (Å²) in [4.78, 5) is 2.40. The quantitative estimate of drug-likeness (QED) is 0.199. The summed E-state index contributed by atoms with van der Waals surface area (Å²) in [7, 11) is 0. The van der Waals surface area contributed by atoms with Crippen LogP contribution in [0.15, 0.2) is 140 Å². The molecule has 2 unspecified atom stereocenters. The number of benzene rings is 6. The predicted octanol–water partition coefficient (Wildman–Crippen LogP) is 11.0. The van der Waals surface area contributed by atoms with Crippen molar-refractivity contribution in [3.05, 3.63) is 151 Å². The first-order valence-corrected chi connectivity index (χ1v) is 14.3. The third-order valence-corrected chi connectivity index (χ3v) is 9.06. The number of anilines is 3. The van der Waals surface area contributed by atoms with Crippen molar-refractivity contribution in [2.24, 2.45) is 5.92 Å². The van der Waals surface area contributed by atoms with Gasteiger partial charge in [-0.3, -0.25) is 0 Å². The molecule has 0 saturated carbocycles. The molecule has 0 radical (unpaired) electrons. The minimum Gasteiger partial charge on any atom is -0.310 e. The summed E-state index contributed by atoms with van der Waals surface area (Å²) in [5, 5.41) is 4.97. The summed E-state index contributed by atoms with van der Waals surface area (Å²) in [6.07, 6.45) is 3.28. The minimum absolute atomic E-state index is 0.185. The lowest BCUT2D eigenvalue weighted by atomic mass is 9.68. The molecular weight excluding hydrogens is 482 g/mol. The molecule has 2 atom stereocenters. The molecule has 0 aromatic heterocycles.